The van der Waals surface area contributed by atoms with Crippen LogP contribution in [0.3, 0.4) is 0 Å². The molecule has 27 heavy (non-hydrogen) atoms. The third-order valence-electron chi connectivity index (χ3n) is 4.57. The van der Waals surface area contributed by atoms with Crippen LogP contribution in [0.1, 0.15) is 22.3 Å². The average Bonchev–Trinajstić information content (AvgIpc) is 2.70. The smallest absolute Gasteiger partial charge is 0.273 e. The molecule has 3 aromatic rings. The van der Waals surface area contributed by atoms with Gasteiger partial charge in [0.05, 0.1) is 16.9 Å². The molecule has 134 valence electrons. The van der Waals surface area contributed by atoms with E-state index in [1.807, 2.05) is 60.7 Å². The van der Waals surface area contributed by atoms with Crippen LogP contribution in [-0.4, -0.2) is 11.1 Å². The molecule has 1 heterocycles. The Hall–Kier alpha value is -2.56. The van der Waals surface area contributed by atoms with Crippen LogP contribution in [0.2, 0.25) is 5.02 Å². The fraction of sp³-hybridized carbons (Fsp3) is 0.0909. The lowest BCUT2D eigenvalue weighted by Crippen LogP contribution is -2.44. The molecule has 0 aromatic heterocycles. The molecule has 1 saturated heterocycles. The number of halogens is 1. The van der Waals surface area contributed by atoms with Crippen molar-refractivity contribution in [2.24, 2.45) is 0 Å². The summed E-state index contributed by atoms with van der Waals surface area (Å²) in [5.74, 6) is -0.673. The molecule has 1 aliphatic heterocycles. The van der Waals surface area contributed by atoms with Crippen molar-refractivity contribution in [2.75, 3.05) is 4.90 Å². The third-order valence-corrected chi connectivity index (χ3v) is 6.01. The Labute approximate surface area is 167 Å². The molecule has 0 saturated carbocycles. The van der Waals surface area contributed by atoms with Gasteiger partial charge in [-0.15, -0.1) is 0 Å². The molecule has 2 amide bonds. The summed E-state index contributed by atoms with van der Waals surface area (Å²) in [5, 5.41) is 0.0191. The Morgan fingerprint density at radius 1 is 0.741 bits per heavy atom. The third kappa shape index (κ3) is 3.51. The second-order valence-electron chi connectivity index (χ2n) is 6.25. The number of carbonyl (C=O) groups excluding carboxylic acids is 2. The summed E-state index contributed by atoms with van der Waals surface area (Å²) in [6, 6.07) is 26.1. The molecule has 0 radical (unpaired) electrons. The monoisotopic (exact) mass is 393 g/mol. The minimum atomic E-state index is -0.452. The highest BCUT2D eigenvalue weighted by Crippen LogP contribution is 2.48. The van der Waals surface area contributed by atoms with E-state index in [9.17, 15) is 9.59 Å². The van der Waals surface area contributed by atoms with Crippen LogP contribution in [0, 0.1) is 0 Å². The van der Waals surface area contributed by atoms with Gasteiger partial charge in [0.15, 0.2) is 0 Å². The van der Waals surface area contributed by atoms with Crippen molar-refractivity contribution < 1.29 is 9.59 Å². The first kappa shape index (κ1) is 17.8. The number of imide groups is 1. The molecule has 5 heteroatoms. The number of amides is 2. The number of hydrogen-bond donors (Lipinski definition) is 0. The lowest BCUT2D eigenvalue weighted by atomic mass is 9.89. The fourth-order valence-electron chi connectivity index (χ4n) is 3.29. The van der Waals surface area contributed by atoms with Crippen molar-refractivity contribution in [1.82, 2.24) is 0 Å². The van der Waals surface area contributed by atoms with E-state index >= 15 is 0 Å². The molecule has 0 spiro atoms. The highest BCUT2D eigenvalue weighted by Gasteiger charge is 2.44. The van der Waals surface area contributed by atoms with Gasteiger partial charge in [-0.1, -0.05) is 84.0 Å². The van der Waals surface area contributed by atoms with Gasteiger partial charge in [-0.3, -0.25) is 9.59 Å². The van der Waals surface area contributed by atoms with Gasteiger partial charge in [0.25, 0.3) is 5.24 Å². The zero-order valence-corrected chi connectivity index (χ0v) is 15.9. The number of nitrogens with zero attached hydrogens (tertiary/aromatic N) is 1. The van der Waals surface area contributed by atoms with E-state index in [4.69, 9.17) is 11.6 Å². The normalized spacial score (nSPS) is 20.0. The molecule has 3 aromatic carbocycles. The van der Waals surface area contributed by atoms with Gasteiger partial charge >= 0.3 is 0 Å². The van der Waals surface area contributed by atoms with Crippen LogP contribution in [0.4, 0.5) is 10.5 Å². The zero-order chi connectivity index (χ0) is 18.8. The van der Waals surface area contributed by atoms with Crippen molar-refractivity contribution in [3.63, 3.8) is 0 Å². The molecule has 1 fully saturated rings. The Morgan fingerprint density at radius 3 is 1.89 bits per heavy atom. The van der Waals surface area contributed by atoms with E-state index in [0.29, 0.717) is 10.7 Å². The number of benzene rings is 3. The van der Waals surface area contributed by atoms with Crippen LogP contribution in [0.25, 0.3) is 0 Å². The van der Waals surface area contributed by atoms with Crippen LogP contribution >= 0.6 is 23.4 Å². The average molecular weight is 394 g/mol. The molecule has 2 atom stereocenters. The Kier molecular flexibility index (Phi) is 5.01. The predicted molar refractivity (Wildman–Crippen MR) is 110 cm³/mol. The highest BCUT2D eigenvalue weighted by atomic mass is 35.5. The lowest BCUT2D eigenvalue weighted by molar-refractivity contribution is -0.119. The van der Waals surface area contributed by atoms with Gasteiger partial charge in [0.2, 0.25) is 5.91 Å². The van der Waals surface area contributed by atoms with E-state index in [1.54, 1.807) is 24.3 Å². The Balaban J connectivity index is 1.79. The minimum absolute atomic E-state index is 0.221. The molecule has 2 unspecified atom stereocenters. The first-order chi connectivity index (χ1) is 13.1. The van der Waals surface area contributed by atoms with Crippen LogP contribution in [-0.2, 0) is 4.79 Å². The summed E-state index contributed by atoms with van der Waals surface area (Å²) in [4.78, 5) is 27.6. The lowest BCUT2D eigenvalue weighted by Gasteiger charge is -2.36. The minimum Gasteiger partial charge on any atom is -0.273 e. The van der Waals surface area contributed by atoms with Gasteiger partial charge in [0, 0.05) is 5.02 Å². The van der Waals surface area contributed by atoms with E-state index < -0.39 is 5.92 Å². The van der Waals surface area contributed by atoms with Gasteiger partial charge < -0.3 is 0 Å². The second kappa shape index (κ2) is 7.59. The Morgan fingerprint density at radius 2 is 1.30 bits per heavy atom. The van der Waals surface area contributed by atoms with Crippen LogP contribution < -0.4 is 4.90 Å². The molecular formula is C22H16ClNO2S. The van der Waals surface area contributed by atoms with E-state index in [2.05, 4.69) is 0 Å². The van der Waals surface area contributed by atoms with Gasteiger partial charge in [-0.25, -0.2) is 4.90 Å². The number of rotatable bonds is 3. The summed E-state index contributed by atoms with van der Waals surface area (Å²) in [6.07, 6.45) is 0. The number of thioether (sulfide) groups is 1. The fourth-order valence-corrected chi connectivity index (χ4v) is 4.64. The summed E-state index contributed by atoms with van der Waals surface area (Å²) < 4.78 is 0. The summed E-state index contributed by atoms with van der Waals surface area (Å²) in [7, 11) is 0. The summed E-state index contributed by atoms with van der Waals surface area (Å²) in [5.41, 5.74) is 2.40. The standard InChI is InChI=1S/C22H16ClNO2S/c23-17-11-13-18(14-12-17)24-21(25)19(15-7-3-1-4-8-15)20(27-22(24)26)16-9-5-2-6-10-16/h1-14,19-20H. The second-order valence-corrected chi connectivity index (χ2v) is 7.78. The summed E-state index contributed by atoms with van der Waals surface area (Å²) >= 11 is 7.14. The van der Waals surface area contributed by atoms with Crippen LogP contribution in [0.15, 0.2) is 84.9 Å². The van der Waals surface area contributed by atoms with Crippen molar-refractivity contribution >= 4 is 40.2 Å². The first-order valence-corrected chi connectivity index (χ1v) is 9.81. The molecule has 0 bridgehead atoms. The molecule has 0 N–H and O–H groups in total. The summed E-state index contributed by atoms with van der Waals surface area (Å²) in [6.45, 7) is 0. The molecule has 4 rings (SSSR count). The van der Waals surface area contributed by atoms with Gasteiger partial charge in [-0.05, 0) is 35.4 Å². The van der Waals surface area contributed by atoms with Crippen molar-refractivity contribution in [1.29, 1.82) is 0 Å². The Bertz CT molecular complexity index is 961. The molecular weight excluding hydrogens is 378 g/mol. The predicted octanol–water partition coefficient (Wildman–Crippen LogP) is 6.06. The maximum absolute atomic E-state index is 13.5. The molecule has 3 nitrogen and oxygen atoms in total. The molecule has 1 aliphatic rings. The van der Waals surface area contributed by atoms with Crippen molar-refractivity contribution in [2.45, 2.75) is 11.2 Å². The maximum atomic E-state index is 13.5. The quantitative estimate of drug-likeness (QED) is 0.542. The number of carbonyl (C=O) groups is 2. The van der Waals surface area contributed by atoms with Crippen LogP contribution in [0.5, 0.6) is 0 Å². The maximum Gasteiger partial charge on any atom is 0.293 e. The number of hydrogen-bond acceptors (Lipinski definition) is 3. The molecule has 0 aliphatic carbocycles. The number of anilines is 1. The van der Waals surface area contributed by atoms with Crippen molar-refractivity contribution in [3.05, 3.63) is 101 Å². The van der Waals surface area contributed by atoms with Crippen molar-refractivity contribution in [3.8, 4) is 0 Å². The topological polar surface area (TPSA) is 37.4 Å². The highest BCUT2D eigenvalue weighted by molar-refractivity contribution is 8.14. The van der Waals surface area contributed by atoms with E-state index in [1.165, 1.54) is 16.7 Å². The largest absolute Gasteiger partial charge is 0.293 e. The van der Waals surface area contributed by atoms with Gasteiger partial charge in [0.1, 0.15) is 0 Å². The van der Waals surface area contributed by atoms with E-state index in [0.717, 1.165) is 11.1 Å². The SMILES string of the molecule is O=C1SC(c2ccccc2)C(c2ccccc2)C(=O)N1c1ccc(Cl)cc1. The van der Waals surface area contributed by atoms with Gasteiger partial charge in [-0.2, -0.15) is 0 Å². The first-order valence-electron chi connectivity index (χ1n) is 8.55. The van der Waals surface area contributed by atoms with E-state index in [-0.39, 0.29) is 16.4 Å². The zero-order valence-electron chi connectivity index (χ0n) is 14.3.